The van der Waals surface area contributed by atoms with Crippen LogP contribution in [0.5, 0.6) is 0 Å². The number of carbonyl (C=O) groups is 1. The van der Waals surface area contributed by atoms with E-state index in [9.17, 15) is 13.2 Å². The zero-order valence-corrected chi connectivity index (χ0v) is 19.8. The molecule has 0 saturated carbocycles. The molecule has 1 aliphatic heterocycles. The van der Waals surface area contributed by atoms with Gasteiger partial charge in [0.15, 0.2) is 0 Å². The third-order valence-electron chi connectivity index (χ3n) is 5.77. The van der Waals surface area contributed by atoms with Gasteiger partial charge in [-0.1, -0.05) is 60.7 Å². The smallest absolute Gasteiger partial charge is 0.251 e. The first-order valence-electron chi connectivity index (χ1n) is 11.3. The number of benzene rings is 3. The van der Waals surface area contributed by atoms with Gasteiger partial charge in [0.25, 0.3) is 5.91 Å². The molecule has 1 fully saturated rings. The number of sulfonamides is 1. The fourth-order valence-corrected chi connectivity index (χ4v) is 4.89. The molecule has 34 heavy (non-hydrogen) atoms. The predicted octanol–water partition coefficient (Wildman–Crippen LogP) is 2.93. The minimum atomic E-state index is -3.75. The first-order chi connectivity index (χ1) is 16.5. The molecule has 0 unspecified atom stereocenters. The summed E-state index contributed by atoms with van der Waals surface area (Å²) >= 11 is 0. The van der Waals surface area contributed by atoms with E-state index < -0.39 is 10.0 Å². The fraction of sp³-hybridized carbons (Fsp3) is 0.269. The summed E-state index contributed by atoms with van der Waals surface area (Å²) in [5, 5.41) is 2.93. The Labute approximate surface area is 200 Å². The van der Waals surface area contributed by atoms with Crippen LogP contribution in [0.2, 0.25) is 0 Å². The second-order valence-electron chi connectivity index (χ2n) is 8.18. The molecular weight excluding hydrogens is 450 g/mol. The zero-order chi connectivity index (χ0) is 23.8. The average molecular weight is 480 g/mol. The number of amides is 1. The van der Waals surface area contributed by atoms with E-state index in [0.29, 0.717) is 12.1 Å². The SMILES string of the molecule is O=C(NCc1ccccc1CN1CCOCC1)c1cccc(S(=O)(=O)NCc2ccccc2)c1. The molecule has 1 aliphatic rings. The van der Waals surface area contributed by atoms with Gasteiger partial charge in [0.2, 0.25) is 10.0 Å². The second-order valence-corrected chi connectivity index (χ2v) is 9.94. The van der Waals surface area contributed by atoms with Gasteiger partial charge in [0.1, 0.15) is 0 Å². The number of rotatable bonds is 9. The van der Waals surface area contributed by atoms with E-state index in [4.69, 9.17) is 4.74 Å². The van der Waals surface area contributed by atoms with Gasteiger partial charge in [-0.3, -0.25) is 9.69 Å². The Kier molecular flexibility index (Phi) is 8.08. The number of hydrogen-bond donors (Lipinski definition) is 2. The topological polar surface area (TPSA) is 87.7 Å². The molecule has 8 heteroatoms. The Morgan fingerprint density at radius 1 is 0.853 bits per heavy atom. The molecule has 0 aromatic heterocycles. The van der Waals surface area contributed by atoms with Crippen LogP contribution in [0, 0.1) is 0 Å². The van der Waals surface area contributed by atoms with E-state index in [-0.39, 0.29) is 17.3 Å². The summed E-state index contributed by atoms with van der Waals surface area (Å²) in [6.45, 7) is 4.59. The molecule has 0 atom stereocenters. The maximum absolute atomic E-state index is 12.8. The van der Waals surface area contributed by atoms with Gasteiger partial charge in [-0.2, -0.15) is 0 Å². The highest BCUT2D eigenvalue weighted by molar-refractivity contribution is 7.89. The molecule has 178 valence electrons. The maximum atomic E-state index is 12.8. The van der Waals surface area contributed by atoms with Gasteiger partial charge < -0.3 is 10.1 Å². The van der Waals surface area contributed by atoms with Crippen molar-refractivity contribution in [3.05, 3.63) is 101 Å². The maximum Gasteiger partial charge on any atom is 0.251 e. The Balaban J connectivity index is 1.39. The van der Waals surface area contributed by atoms with Crippen LogP contribution >= 0.6 is 0 Å². The van der Waals surface area contributed by atoms with Crippen molar-refractivity contribution in [1.82, 2.24) is 14.9 Å². The lowest BCUT2D eigenvalue weighted by Gasteiger charge is -2.27. The van der Waals surface area contributed by atoms with Gasteiger partial charge in [-0.25, -0.2) is 13.1 Å². The van der Waals surface area contributed by atoms with Crippen LogP contribution in [0.4, 0.5) is 0 Å². The number of ether oxygens (including phenoxy) is 1. The van der Waals surface area contributed by atoms with Crippen molar-refractivity contribution in [1.29, 1.82) is 0 Å². The zero-order valence-electron chi connectivity index (χ0n) is 18.9. The van der Waals surface area contributed by atoms with Crippen LogP contribution in [0.15, 0.2) is 83.8 Å². The van der Waals surface area contributed by atoms with Crippen LogP contribution in [-0.2, 0) is 34.4 Å². The van der Waals surface area contributed by atoms with Crippen LogP contribution in [0.25, 0.3) is 0 Å². The summed E-state index contributed by atoms with van der Waals surface area (Å²) in [5.41, 5.74) is 3.35. The van der Waals surface area contributed by atoms with Gasteiger partial charge in [0, 0.05) is 38.3 Å². The lowest BCUT2D eigenvalue weighted by Crippen LogP contribution is -2.36. The summed E-state index contributed by atoms with van der Waals surface area (Å²) in [6.07, 6.45) is 0. The van der Waals surface area contributed by atoms with E-state index in [2.05, 4.69) is 21.0 Å². The fourth-order valence-electron chi connectivity index (χ4n) is 3.82. The van der Waals surface area contributed by atoms with Crippen molar-refractivity contribution in [3.8, 4) is 0 Å². The lowest BCUT2D eigenvalue weighted by atomic mass is 10.1. The predicted molar refractivity (Wildman–Crippen MR) is 131 cm³/mol. The highest BCUT2D eigenvalue weighted by atomic mass is 32.2. The van der Waals surface area contributed by atoms with E-state index in [1.165, 1.54) is 12.1 Å². The number of hydrogen-bond acceptors (Lipinski definition) is 5. The van der Waals surface area contributed by atoms with Crippen LogP contribution < -0.4 is 10.0 Å². The minimum Gasteiger partial charge on any atom is -0.379 e. The largest absolute Gasteiger partial charge is 0.379 e. The van der Waals surface area contributed by atoms with Crippen molar-refractivity contribution in [2.75, 3.05) is 26.3 Å². The number of morpholine rings is 1. The summed E-state index contributed by atoms with van der Waals surface area (Å²) in [4.78, 5) is 15.2. The summed E-state index contributed by atoms with van der Waals surface area (Å²) in [7, 11) is -3.75. The third kappa shape index (κ3) is 6.51. The molecule has 3 aromatic rings. The van der Waals surface area contributed by atoms with Gasteiger partial charge in [-0.15, -0.1) is 0 Å². The number of nitrogens with one attached hydrogen (secondary N) is 2. The summed E-state index contributed by atoms with van der Waals surface area (Å²) < 4.78 is 33.5. The van der Waals surface area contributed by atoms with Crippen molar-refractivity contribution < 1.29 is 17.9 Å². The number of carbonyl (C=O) groups excluding carboxylic acids is 1. The molecule has 0 aliphatic carbocycles. The highest BCUT2D eigenvalue weighted by Gasteiger charge is 2.17. The quantitative estimate of drug-likeness (QED) is 0.493. The molecule has 1 amide bonds. The van der Waals surface area contributed by atoms with Gasteiger partial charge in [0.05, 0.1) is 18.1 Å². The highest BCUT2D eigenvalue weighted by Crippen LogP contribution is 2.15. The van der Waals surface area contributed by atoms with Crippen LogP contribution in [0.3, 0.4) is 0 Å². The summed E-state index contributed by atoms with van der Waals surface area (Å²) in [6, 6.07) is 23.4. The van der Waals surface area contributed by atoms with Crippen molar-refractivity contribution in [2.24, 2.45) is 0 Å². The Hall–Kier alpha value is -3.04. The Morgan fingerprint density at radius 3 is 2.32 bits per heavy atom. The first kappa shape index (κ1) is 24.1. The second kappa shape index (κ2) is 11.4. The van der Waals surface area contributed by atoms with Gasteiger partial charge in [-0.05, 0) is 34.9 Å². The molecular formula is C26H29N3O4S. The molecule has 1 heterocycles. The normalized spacial score (nSPS) is 14.6. The van der Waals surface area contributed by atoms with E-state index >= 15 is 0 Å². The van der Waals surface area contributed by atoms with E-state index in [1.54, 1.807) is 12.1 Å². The molecule has 2 N–H and O–H groups in total. The molecule has 1 saturated heterocycles. The monoisotopic (exact) mass is 479 g/mol. The standard InChI is InChI=1S/C26H29N3O4S/c30-26(27-19-23-9-4-5-10-24(23)20-29-13-15-33-16-14-29)22-11-6-12-25(17-22)34(31,32)28-18-21-7-2-1-3-8-21/h1-12,17,28H,13-16,18-20H2,(H,27,30). The van der Waals surface area contributed by atoms with Gasteiger partial charge >= 0.3 is 0 Å². The van der Waals surface area contributed by atoms with Crippen molar-refractivity contribution >= 4 is 15.9 Å². The Morgan fingerprint density at radius 2 is 1.56 bits per heavy atom. The minimum absolute atomic E-state index is 0.0591. The summed E-state index contributed by atoms with van der Waals surface area (Å²) in [5.74, 6) is -0.318. The van der Waals surface area contributed by atoms with Crippen LogP contribution in [-0.4, -0.2) is 45.5 Å². The lowest BCUT2D eigenvalue weighted by molar-refractivity contribution is 0.0340. The average Bonchev–Trinajstić information content (AvgIpc) is 2.88. The van der Waals surface area contributed by atoms with Crippen LogP contribution in [0.1, 0.15) is 27.0 Å². The Bertz CT molecular complexity index is 1210. The first-order valence-corrected chi connectivity index (χ1v) is 12.8. The molecule has 4 rings (SSSR count). The molecule has 3 aromatic carbocycles. The number of nitrogens with zero attached hydrogens (tertiary/aromatic N) is 1. The molecule has 7 nitrogen and oxygen atoms in total. The third-order valence-corrected chi connectivity index (χ3v) is 7.17. The van der Waals surface area contributed by atoms with E-state index in [0.717, 1.165) is 49.5 Å². The van der Waals surface area contributed by atoms with Crippen molar-refractivity contribution in [3.63, 3.8) is 0 Å². The molecule has 0 spiro atoms. The van der Waals surface area contributed by atoms with Crippen molar-refractivity contribution in [2.45, 2.75) is 24.5 Å². The molecule has 0 bridgehead atoms. The van der Waals surface area contributed by atoms with E-state index in [1.807, 2.05) is 48.5 Å². The molecule has 0 radical (unpaired) electrons.